The fraction of sp³-hybridized carbons (Fsp3) is 0.500. The molecule has 0 N–H and O–H groups in total. The summed E-state index contributed by atoms with van der Waals surface area (Å²) in [5, 5.41) is 17.8. The maximum atomic E-state index is 13.0. The molecular weight excluding hydrogens is 340 g/mol. The van der Waals surface area contributed by atoms with E-state index in [-0.39, 0.29) is 5.91 Å². The van der Waals surface area contributed by atoms with Crippen molar-refractivity contribution >= 4 is 5.91 Å². The standard InChI is InChI=1S/C20H24N6O/c21-13-16-6-4-7-17(12-16)20(27)25-10-5-11-26-19(15-25)18(22-23-26)14-24-8-2-1-3-9-24/h4,6-7,12H,1-3,5,8-11,14-15H2. The third-order valence-corrected chi connectivity index (χ3v) is 5.40. The maximum absolute atomic E-state index is 13.0. The summed E-state index contributed by atoms with van der Waals surface area (Å²) in [6.07, 6.45) is 4.63. The number of carbonyl (C=O) groups excluding carboxylic acids is 1. The first kappa shape index (κ1) is 17.7. The van der Waals surface area contributed by atoms with E-state index in [9.17, 15) is 4.79 Å². The average molecular weight is 364 g/mol. The van der Waals surface area contributed by atoms with Crippen LogP contribution in [0.2, 0.25) is 0 Å². The Kier molecular flexibility index (Phi) is 5.16. The predicted octanol–water partition coefficient (Wildman–Crippen LogP) is 2.18. The predicted molar refractivity (Wildman–Crippen MR) is 99.7 cm³/mol. The zero-order chi connectivity index (χ0) is 18.6. The number of hydrogen-bond acceptors (Lipinski definition) is 5. The smallest absolute Gasteiger partial charge is 0.254 e. The van der Waals surface area contributed by atoms with Crippen molar-refractivity contribution in [2.45, 2.75) is 45.3 Å². The highest BCUT2D eigenvalue weighted by atomic mass is 16.2. The minimum Gasteiger partial charge on any atom is -0.333 e. The molecular formula is C20H24N6O. The lowest BCUT2D eigenvalue weighted by molar-refractivity contribution is 0.0745. The summed E-state index contributed by atoms with van der Waals surface area (Å²) in [6.45, 7) is 5.01. The Hall–Kier alpha value is -2.72. The maximum Gasteiger partial charge on any atom is 0.254 e. The van der Waals surface area contributed by atoms with Crippen LogP contribution in [0.5, 0.6) is 0 Å². The van der Waals surface area contributed by atoms with Crippen LogP contribution in [0.4, 0.5) is 0 Å². The molecule has 1 aromatic carbocycles. The van der Waals surface area contributed by atoms with Gasteiger partial charge < -0.3 is 4.90 Å². The van der Waals surface area contributed by atoms with Crippen LogP contribution in [0, 0.1) is 11.3 Å². The molecule has 0 spiro atoms. The molecule has 7 nitrogen and oxygen atoms in total. The number of aryl methyl sites for hydroxylation is 1. The number of fused-ring (bicyclic) bond motifs is 1. The Labute approximate surface area is 159 Å². The van der Waals surface area contributed by atoms with Crippen molar-refractivity contribution in [1.82, 2.24) is 24.8 Å². The molecule has 2 aliphatic heterocycles. The van der Waals surface area contributed by atoms with Crippen LogP contribution < -0.4 is 0 Å². The Bertz CT molecular complexity index is 862. The molecule has 27 heavy (non-hydrogen) atoms. The first-order valence-electron chi connectivity index (χ1n) is 9.67. The van der Waals surface area contributed by atoms with E-state index in [0.29, 0.717) is 24.2 Å². The van der Waals surface area contributed by atoms with Crippen molar-refractivity contribution in [3.8, 4) is 6.07 Å². The second kappa shape index (κ2) is 7.89. The van der Waals surface area contributed by atoms with E-state index in [1.165, 1.54) is 19.3 Å². The minimum atomic E-state index is -0.0364. The number of carbonyl (C=O) groups is 1. The summed E-state index contributed by atoms with van der Waals surface area (Å²) in [5.74, 6) is -0.0364. The van der Waals surface area contributed by atoms with Gasteiger partial charge in [-0.15, -0.1) is 5.10 Å². The van der Waals surface area contributed by atoms with E-state index in [1.54, 1.807) is 24.3 Å². The number of amides is 1. The summed E-state index contributed by atoms with van der Waals surface area (Å²) in [5.41, 5.74) is 3.10. The van der Waals surface area contributed by atoms with Crippen LogP contribution in [0.3, 0.4) is 0 Å². The third kappa shape index (κ3) is 3.86. The van der Waals surface area contributed by atoms with Gasteiger partial charge in [0.05, 0.1) is 23.9 Å². The summed E-state index contributed by atoms with van der Waals surface area (Å²) >= 11 is 0. The lowest BCUT2D eigenvalue weighted by Gasteiger charge is -2.26. The molecule has 0 unspecified atom stereocenters. The van der Waals surface area contributed by atoms with Gasteiger partial charge in [-0.1, -0.05) is 17.7 Å². The molecule has 0 aliphatic carbocycles. The molecule has 0 bridgehead atoms. The zero-order valence-electron chi connectivity index (χ0n) is 15.5. The number of rotatable bonds is 3. The number of piperidine rings is 1. The van der Waals surface area contributed by atoms with E-state index >= 15 is 0 Å². The van der Waals surface area contributed by atoms with Gasteiger partial charge in [0.15, 0.2) is 0 Å². The van der Waals surface area contributed by atoms with Gasteiger partial charge in [-0.05, 0) is 50.6 Å². The van der Waals surface area contributed by atoms with Gasteiger partial charge in [0.1, 0.15) is 5.69 Å². The molecule has 0 radical (unpaired) electrons. The third-order valence-electron chi connectivity index (χ3n) is 5.40. The first-order chi connectivity index (χ1) is 13.2. The summed E-state index contributed by atoms with van der Waals surface area (Å²) < 4.78 is 1.96. The number of aromatic nitrogens is 3. The lowest BCUT2D eigenvalue weighted by Crippen LogP contribution is -2.32. The Morgan fingerprint density at radius 2 is 1.96 bits per heavy atom. The molecule has 0 atom stereocenters. The molecule has 2 aromatic rings. The highest BCUT2D eigenvalue weighted by Crippen LogP contribution is 2.20. The molecule has 0 saturated carbocycles. The average Bonchev–Trinajstić information content (AvgIpc) is 2.96. The molecule has 2 aliphatic rings. The topological polar surface area (TPSA) is 78.0 Å². The highest BCUT2D eigenvalue weighted by molar-refractivity contribution is 5.94. The van der Waals surface area contributed by atoms with E-state index in [4.69, 9.17) is 5.26 Å². The highest BCUT2D eigenvalue weighted by Gasteiger charge is 2.25. The van der Waals surface area contributed by atoms with E-state index < -0.39 is 0 Å². The van der Waals surface area contributed by atoms with Crippen molar-refractivity contribution in [1.29, 1.82) is 5.26 Å². The van der Waals surface area contributed by atoms with E-state index in [2.05, 4.69) is 21.3 Å². The van der Waals surface area contributed by atoms with E-state index in [0.717, 1.165) is 44.0 Å². The SMILES string of the molecule is N#Cc1cccc(C(=O)N2CCCn3nnc(CN4CCCCC4)c3C2)c1. The molecule has 140 valence electrons. The van der Waals surface area contributed by atoms with Crippen molar-refractivity contribution < 1.29 is 4.79 Å². The molecule has 1 aromatic heterocycles. The van der Waals surface area contributed by atoms with Gasteiger partial charge in [-0.3, -0.25) is 9.69 Å². The summed E-state index contributed by atoms with van der Waals surface area (Å²) in [6, 6.07) is 9.02. The summed E-state index contributed by atoms with van der Waals surface area (Å²) in [7, 11) is 0. The van der Waals surface area contributed by atoms with Gasteiger partial charge in [0.25, 0.3) is 5.91 Å². The van der Waals surface area contributed by atoms with Crippen molar-refractivity contribution in [2.24, 2.45) is 0 Å². The molecule has 1 amide bonds. The Morgan fingerprint density at radius 3 is 2.78 bits per heavy atom. The number of nitrogens with zero attached hydrogens (tertiary/aromatic N) is 6. The Balaban J connectivity index is 1.54. The molecule has 1 fully saturated rings. The van der Waals surface area contributed by atoms with Gasteiger partial charge >= 0.3 is 0 Å². The normalized spacial score (nSPS) is 17.8. The van der Waals surface area contributed by atoms with Gasteiger partial charge in [0, 0.05) is 25.2 Å². The van der Waals surface area contributed by atoms with Crippen LogP contribution in [0.25, 0.3) is 0 Å². The van der Waals surface area contributed by atoms with Gasteiger partial charge in [-0.25, -0.2) is 4.68 Å². The summed E-state index contributed by atoms with van der Waals surface area (Å²) in [4.78, 5) is 17.3. The molecule has 4 rings (SSSR count). The van der Waals surface area contributed by atoms with Crippen LogP contribution >= 0.6 is 0 Å². The van der Waals surface area contributed by atoms with Crippen molar-refractivity contribution in [3.05, 3.63) is 46.8 Å². The first-order valence-corrected chi connectivity index (χ1v) is 9.67. The lowest BCUT2D eigenvalue weighted by atomic mass is 10.1. The van der Waals surface area contributed by atoms with Crippen LogP contribution in [-0.2, 0) is 19.6 Å². The van der Waals surface area contributed by atoms with E-state index in [1.807, 2.05) is 9.58 Å². The fourth-order valence-electron chi connectivity index (χ4n) is 3.92. The minimum absolute atomic E-state index is 0.0364. The molecule has 7 heteroatoms. The van der Waals surface area contributed by atoms with Crippen molar-refractivity contribution in [3.63, 3.8) is 0 Å². The van der Waals surface area contributed by atoms with Gasteiger partial charge in [0.2, 0.25) is 0 Å². The molecule has 1 saturated heterocycles. The number of nitriles is 1. The van der Waals surface area contributed by atoms with Crippen molar-refractivity contribution in [2.75, 3.05) is 19.6 Å². The molecule has 3 heterocycles. The second-order valence-electron chi connectivity index (χ2n) is 7.32. The van der Waals surface area contributed by atoms with Gasteiger partial charge in [-0.2, -0.15) is 5.26 Å². The fourth-order valence-corrected chi connectivity index (χ4v) is 3.92. The largest absolute Gasteiger partial charge is 0.333 e. The number of likely N-dealkylation sites (tertiary alicyclic amines) is 1. The van der Waals surface area contributed by atoms with Crippen LogP contribution in [0.1, 0.15) is 53.0 Å². The number of hydrogen-bond donors (Lipinski definition) is 0. The van der Waals surface area contributed by atoms with Crippen LogP contribution in [0.15, 0.2) is 24.3 Å². The zero-order valence-corrected chi connectivity index (χ0v) is 15.5. The quantitative estimate of drug-likeness (QED) is 0.834. The second-order valence-corrected chi connectivity index (χ2v) is 7.32. The Morgan fingerprint density at radius 1 is 1.11 bits per heavy atom. The monoisotopic (exact) mass is 364 g/mol. The number of benzene rings is 1. The van der Waals surface area contributed by atoms with Crippen LogP contribution in [-0.4, -0.2) is 50.3 Å².